The zero-order valence-corrected chi connectivity index (χ0v) is 19.2. The quantitative estimate of drug-likeness (QED) is 0.328. The van der Waals surface area contributed by atoms with Gasteiger partial charge in [0.1, 0.15) is 5.69 Å². The number of carbonyl (C=O) groups excluding carboxylic acids is 2. The minimum atomic E-state index is -3.80. The molecule has 2 rings (SSSR count). The number of esters is 1. The summed E-state index contributed by atoms with van der Waals surface area (Å²) in [4.78, 5) is 34.8. The van der Waals surface area contributed by atoms with Crippen LogP contribution in [0.2, 0.25) is 5.02 Å². The van der Waals surface area contributed by atoms with Gasteiger partial charge in [0, 0.05) is 24.2 Å². The number of aryl methyl sites for hydroxylation is 1. The van der Waals surface area contributed by atoms with Gasteiger partial charge in [-0.2, -0.15) is 4.31 Å². The molecule has 32 heavy (non-hydrogen) atoms. The summed E-state index contributed by atoms with van der Waals surface area (Å²) in [5, 5.41) is 13.5. The topological polar surface area (TPSA) is 136 Å². The van der Waals surface area contributed by atoms with Crippen molar-refractivity contribution in [3.63, 3.8) is 0 Å². The van der Waals surface area contributed by atoms with E-state index < -0.39 is 39.1 Å². The molecule has 0 fully saturated rings. The maximum atomic E-state index is 12.8. The van der Waals surface area contributed by atoms with Crippen LogP contribution in [0, 0.1) is 17.0 Å². The van der Waals surface area contributed by atoms with Crippen LogP contribution in [0.3, 0.4) is 0 Å². The molecule has 172 valence electrons. The number of rotatable bonds is 9. The Labute approximate surface area is 190 Å². The molecule has 2 aromatic rings. The number of nitrogens with zero attached hydrogens (tertiary/aromatic N) is 2. The van der Waals surface area contributed by atoms with Gasteiger partial charge >= 0.3 is 5.97 Å². The number of hydrogen-bond acceptors (Lipinski definition) is 7. The fraction of sp³-hybridized carbons (Fsp3) is 0.300. The van der Waals surface area contributed by atoms with E-state index in [1.165, 1.54) is 34.6 Å². The molecule has 0 spiro atoms. The second kappa shape index (κ2) is 10.5. The first-order valence-corrected chi connectivity index (χ1v) is 11.3. The first kappa shape index (κ1) is 25.2. The van der Waals surface area contributed by atoms with E-state index in [0.717, 1.165) is 6.07 Å². The summed E-state index contributed by atoms with van der Waals surface area (Å²) >= 11 is 5.73. The summed E-state index contributed by atoms with van der Waals surface area (Å²) in [5.41, 5.74) is -0.113. The number of nitro groups is 1. The van der Waals surface area contributed by atoms with Gasteiger partial charge in [0.25, 0.3) is 11.6 Å². The summed E-state index contributed by atoms with van der Waals surface area (Å²) in [6.45, 7) is 4.83. The third-order valence-electron chi connectivity index (χ3n) is 4.51. The van der Waals surface area contributed by atoms with Crippen LogP contribution in [0.1, 0.15) is 29.8 Å². The Hall–Kier alpha value is -3.02. The Morgan fingerprint density at radius 1 is 1.16 bits per heavy atom. The minimum Gasteiger partial charge on any atom is -0.452 e. The van der Waals surface area contributed by atoms with Crippen molar-refractivity contribution in [2.75, 3.05) is 25.0 Å². The average Bonchev–Trinajstić information content (AvgIpc) is 2.74. The highest BCUT2D eigenvalue weighted by molar-refractivity contribution is 7.89. The molecule has 12 heteroatoms. The van der Waals surface area contributed by atoms with Crippen LogP contribution < -0.4 is 5.32 Å². The van der Waals surface area contributed by atoms with E-state index in [1.54, 1.807) is 20.8 Å². The van der Waals surface area contributed by atoms with Crippen LogP contribution in [0.5, 0.6) is 0 Å². The van der Waals surface area contributed by atoms with Crippen LogP contribution in [-0.2, 0) is 19.6 Å². The number of anilines is 1. The Bertz CT molecular complexity index is 1150. The van der Waals surface area contributed by atoms with Gasteiger partial charge in [-0.15, -0.1) is 0 Å². The lowest BCUT2D eigenvalue weighted by Crippen LogP contribution is -2.31. The molecule has 10 nitrogen and oxygen atoms in total. The number of amides is 1. The highest BCUT2D eigenvalue weighted by atomic mass is 35.5. The van der Waals surface area contributed by atoms with Crippen molar-refractivity contribution in [2.45, 2.75) is 25.7 Å². The van der Waals surface area contributed by atoms with Crippen molar-refractivity contribution in [1.29, 1.82) is 0 Å². The smallest absolute Gasteiger partial charge is 0.338 e. The molecule has 0 bridgehead atoms. The summed E-state index contributed by atoms with van der Waals surface area (Å²) in [6.07, 6.45) is 0. The lowest BCUT2D eigenvalue weighted by atomic mass is 10.1. The van der Waals surface area contributed by atoms with Gasteiger partial charge in [-0.25, -0.2) is 13.2 Å². The van der Waals surface area contributed by atoms with Gasteiger partial charge in [0.2, 0.25) is 10.0 Å². The van der Waals surface area contributed by atoms with Crippen molar-refractivity contribution >= 4 is 44.9 Å². The second-order valence-electron chi connectivity index (χ2n) is 6.61. The van der Waals surface area contributed by atoms with Crippen LogP contribution in [0.4, 0.5) is 11.4 Å². The molecule has 0 unspecified atom stereocenters. The molecule has 0 heterocycles. The third kappa shape index (κ3) is 5.81. The van der Waals surface area contributed by atoms with Crippen molar-refractivity contribution in [3.05, 3.63) is 62.7 Å². The third-order valence-corrected chi connectivity index (χ3v) is 6.94. The van der Waals surface area contributed by atoms with Crippen molar-refractivity contribution in [2.24, 2.45) is 0 Å². The maximum Gasteiger partial charge on any atom is 0.338 e. The zero-order valence-electron chi connectivity index (χ0n) is 17.6. The summed E-state index contributed by atoms with van der Waals surface area (Å²) < 4.78 is 31.8. The van der Waals surface area contributed by atoms with Gasteiger partial charge in [-0.3, -0.25) is 14.9 Å². The number of carbonyl (C=O) groups is 2. The van der Waals surface area contributed by atoms with E-state index in [4.69, 9.17) is 16.3 Å². The number of nitro benzene ring substituents is 1. The highest BCUT2D eigenvalue weighted by Crippen LogP contribution is 2.27. The normalized spacial score (nSPS) is 11.3. The molecular formula is C20H22ClN3O7S. The number of sulfonamides is 1. The van der Waals surface area contributed by atoms with Crippen LogP contribution >= 0.6 is 11.6 Å². The molecule has 1 N–H and O–H groups in total. The Morgan fingerprint density at radius 2 is 1.81 bits per heavy atom. The molecule has 1 amide bonds. The van der Waals surface area contributed by atoms with Crippen molar-refractivity contribution in [3.8, 4) is 0 Å². The zero-order chi connectivity index (χ0) is 24.1. The molecule has 0 aliphatic carbocycles. The van der Waals surface area contributed by atoms with Gasteiger partial charge in [-0.1, -0.05) is 31.5 Å². The van der Waals surface area contributed by atoms with E-state index >= 15 is 0 Å². The van der Waals surface area contributed by atoms with Gasteiger partial charge < -0.3 is 10.1 Å². The number of benzene rings is 2. The van der Waals surface area contributed by atoms with E-state index in [-0.39, 0.29) is 34.3 Å². The minimum absolute atomic E-state index is 0.0307. The molecule has 0 saturated heterocycles. The van der Waals surface area contributed by atoms with Gasteiger partial charge in [0.05, 0.1) is 15.4 Å². The largest absolute Gasteiger partial charge is 0.452 e. The lowest BCUT2D eigenvalue weighted by Gasteiger charge is -2.20. The van der Waals surface area contributed by atoms with E-state index in [1.807, 2.05) is 0 Å². The van der Waals surface area contributed by atoms with Gasteiger partial charge in [-0.05, 0) is 36.8 Å². The number of hydrogen-bond donors (Lipinski definition) is 1. The average molecular weight is 484 g/mol. The molecule has 0 radical (unpaired) electrons. The first-order chi connectivity index (χ1) is 15.0. The SMILES string of the molecule is CCN(CC)S(=O)(=O)c1cc(C(=O)OCC(=O)Nc2ccc(Cl)cc2[N+](=O)[O-])ccc1C. The molecule has 0 aliphatic heterocycles. The Kier molecular flexibility index (Phi) is 8.31. The van der Waals surface area contributed by atoms with Crippen molar-refractivity contribution in [1.82, 2.24) is 4.31 Å². The molecule has 2 aromatic carbocycles. The van der Waals surface area contributed by atoms with Gasteiger partial charge in [0.15, 0.2) is 6.61 Å². The number of nitrogens with one attached hydrogen (secondary N) is 1. The van der Waals surface area contributed by atoms with Crippen LogP contribution in [0.15, 0.2) is 41.3 Å². The Morgan fingerprint density at radius 3 is 2.41 bits per heavy atom. The number of ether oxygens (including phenoxy) is 1. The van der Waals surface area contributed by atoms with Crippen molar-refractivity contribution < 1.29 is 27.7 Å². The molecule has 0 saturated carbocycles. The van der Waals surface area contributed by atoms with E-state index in [0.29, 0.717) is 5.56 Å². The fourth-order valence-corrected chi connectivity index (χ4v) is 4.75. The Balaban J connectivity index is 2.14. The summed E-state index contributed by atoms with van der Waals surface area (Å²) in [5.74, 6) is -1.73. The predicted octanol–water partition coefficient (Wildman–Crippen LogP) is 3.38. The first-order valence-electron chi connectivity index (χ1n) is 9.53. The maximum absolute atomic E-state index is 12.8. The molecule has 0 aliphatic rings. The fourth-order valence-electron chi connectivity index (χ4n) is 2.87. The number of halogens is 1. The predicted molar refractivity (Wildman–Crippen MR) is 118 cm³/mol. The molecule has 0 atom stereocenters. The second-order valence-corrected chi connectivity index (χ2v) is 8.96. The standard InChI is InChI=1S/C20H22ClN3O7S/c1-4-23(5-2)32(29,30)18-10-14(7-6-13(18)3)20(26)31-12-19(25)22-16-9-8-15(21)11-17(16)24(27)28/h6-11H,4-5,12H2,1-3H3,(H,22,25). The molecule has 0 aromatic heterocycles. The monoisotopic (exact) mass is 483 g/mol. The van der Waals surface area contributed by atoms with Crippen LogP contribution in [0.25, 0.3) is 0 Å². The summed E-state index contributed by atoms with van der Waals surface area (Å²) in [7, 11) is -3.80. The van der Waals surface area contributed by atoms with Crippen LogP contribution in [-0.4, -0.2) is 49.2 Å². The summed E-state index contributed by atoms with van der Waals surface area (Å²) in [6, 6.07) is 7.76. The highest BCUT2D eigenvalue weighted by Gasteiger charge is 2.25. The van der Waals surface area contributed by atoms with E-state index in [9.17, 15) is 28.1 Å². The molecular weight excluding hydrogens is 462 g/mol. The van der Waals surface area contributed by atoms with E-state index in [2.05, 4.69) is 5.32 Å². The lowest BCUT2D eigenvalue weighted by molar-refractivity contribution is -0.383.